The molecule has 86 valence electrons. The molecule has 0 fully saturated rings. The van der Waals surface area contributed by atoms with E-state index in [0.717, 1.165) is 11.3 Å². The fourth-order valence-corrected chi connectivity index (χ4v) is 1.13. The second-order valence-corrected chi connectivity index (χ2v) is 3.75. The van der Waals surface area contributed by atoms with Gasteiger partial charge in [0.25, 0.3) is 0 Å². The second kappa shape index (κ2) is 5.95. The predicted octanol–water partition coefficient (Wildman–Crippen LogP) is 3.23. The number of amides is 1. The minimum atomic E-state index is -0.344. The number of rotatable bonds is 3. The first-order valence-electron chi connectivity index (χ1n) is 5.20. The number of anilines is 1. The number of nitrogens with zero attached hydrogens (tertiary/aromatic N) is 1. The van der Waals surface area contributed by atoms with Crippen molar-refractivity contribution in [2.24, 2.45) is 0 Å². The van der Waals surface area contributed by atoms with Crippen molar-refractivity contribution < 1.29 is 9.53 Å². The van der Waals surface area contributed by atoms with Gasteiger partial charge in [0.05, 0.1) is 0 Å². The van der Waals surface area contributed by atoms with E-state index < -0.39 is 0 Å². The van der Waals surface area contributed by atoms with Crippen LogP contribution < -0.4 is 4.90 Å². The van der Waals surface area contributed by atoms with Crippen LogP contribution in [0.2, 0.25) is 0 Å². The Morgan fingerprint density at radius 3 is 2.50 bits per heavy atom. The molecule has 0 spiro atoms. The number of hydrogen-bond acceptors (Lipinski definition) is 2. The molecular formula is C13H17NO2. The van der Waals surface area contributed by atoms with Crippen LogP contribution in [0.4, 0.5) is 10.5 Å². The molecule has 16 heavy (non-hydrogen) atoms. The van der Waals surface area contributed by atoms with Crippen molar-refractivity contribution in [3.8, 4) is 0 Å². The van der Waals surface area contributed by atoms with Crippen LogP contribution in [-0.2, 0) is 4.74 Å². The van der Waals surface area contributed by atoms with E-state index in [-0.39, 0.29) is 6.09 Å². The highest BCUT2D eigenvalue weighted by atomic mass is 16.6. The Morgan fingerprint density at radius 1 is 1.31 bits per heavy atom. The zero-order chi connectivity index (χ0) is 12.0. The average Bonchev–Trinajstić information content (AvgIpc) is 2.28. The van der Waals surface area contributed by atoms with Gasteiger partial charge in [0, 0.05) is 12.7 Å². The normalized spacial score (nSPS) is 9.44. The maximum absolute atomic E-state index is 11.6. The molecule has 1 aromatic carbocycles. The summed E-state index contributed by atoms with van der Waals surface area (Å²) in [4.78, 5) is 13.1. The van der Waals surface area contributed by atoms with E-state index in [0.29, 0.717) is 6.61 Å². The Balaban J connectivity index is 2.52. The van der Waals surface area contributed by atoms with Gasteiger partial charge >= 0.3 is 6.09 Å². The molecule has 0 aromatic heterocycles. The third-order valence-corrected chi connectivity index (χ3v) is 2.12. The minimum Gasteiger partial charge on any atom is -0.445 e. The van der Waals surface area contributed by atoms with E-state index in [4.69, 9.17) is 4.74 Å². The Morgan fingerprint density at radius 2 is 1.94 bits per heavy atom. The lowest BCUT2D eigenvalue weighted by molar-refractivity contribution is 0.167. The zero-order valence-corrected chi connectivity index (χ0v) is 9.93. The highest BCUT2D eigenvalue weighted by Crippen LogP contribution is 2.11. The molecule has 1 rings (SSSR count). The number of hydrogen-bond donors (Lipinski definition) is 0. The van der Waals surface area contributed by atoms with E-state index in [1.807, 2.05) is 50.3 Å². The number of para-hydroxylation sites is 1. The van der Waals surface area contributed by atoms with Crippen LogP contribution in [0.25, 0.3) is 0 Å². The molecule has 0 unspecified atom stereocenters. The third kappa shape index (κ3) is 3.77. The van der Waals surface area contributed by atoms with Crippen molar-refractivity contribution in [2.45, 2.75) is 13.8 Å². The van der Waals surface area contributed by atoms with Crippen LogP contribution in [0.5, 0.6) is 0 Å². The first kappa shape index (κ1) is 12.3. The SMILES string of the molecule is CC(C)=CCOC(=O)N(C)c1ccccc1. The van der Waals surface area contributed by atoms with Crippen LogP contribution in [0, 0.1) is 0 Å². The molecule has 3 heteroatoms. The summed E-state index contributed by atoms with van der Waals surface area (Å²) in [5.74, 6) is 0. The van der Waals surface area contributed by atoms with E-state index >= 15 is 0 Å². The van der Waals surface area contributed by atoms with Crippen molar-refractivity contribution in [3.05, 3.63) is 42.0 Å². The molecule has 1 aromatic rings. The van der Waals surface area contributed by atoms with Gasteiger partial charge in [0.2, 0.25) is 0 Å². The van der Waals surface area contributed by atoms with Gasteiger partial charge in [-0.25, -0.2) is 4.79 Å². The van der Waals surface area contributed by atoms with E-state index in [1.54, 1.807) is 7.05 Å². The van der Waals surface area contributed by atoms with Gasteiger partial charge in [-0.3, -0.25) is 4.90 Å². The number of ether oxygens (including phenoxy) is 1. The lowest BCUT2D eigenvalue weighted by Crippen LogP contribution is -2.27. The quantitative estimate of drug-likeness (QED) is 0.730. The first-order valence-corrected chi connectivity index (χ1v) is 5.20. The molecule has 0 N–H and O–H groups in total. The van der Waals surface area contributed by atoms with Crippen molar-refractivity contribution in [1.82, 2.24) is 0 Å². The summed E-state index contributed by atoms with van der Waals surface area (Å²) in [7, 11) is 1.69. The lowest BCUT2D eigenvalue weighted by Gasteiger charge is -2.16. The van der Waals surface area contributed by atoms with Crippen molar-refractivity contribution in [2.75, 3.05) is 18.6 Å². The van der Waals surface area contributed by atoms with Crippen LogP contribution >= 0.6 is 0 Å². The lowest BCUT2D eigenvalue weighted by atomic mass is 10.3. The molecule has 0 aliphatic heterocycles. The van der Waals surface area contributed by atoms with Gasteiger partial charge in [-0.1, -0.05) is 23.8 Å². The van der Waals surface area contributed by atoms with E-state index in [1.165, 1.54) is 4.90 Å². The van der Waals surface area contributed by atoms with Crippen molar-refractivity contribution in [3.63, 3.8) is 0 Å². The van der Waals surface area contributed by atoms with Crippen molar-refractivity contribution in [1.29, 1.82) is 0 Å². The summed E-state index contributed by atoms with van der Waals surface area (Å²) in [6, 6.07) is 9.40. The molecule has 0 saturated heterocycles. The molecule has 0 radical (unpaired) electrons. The molecule has 0 aliphatic rings. The van der Waals surface area contributed by atoms with Crippen LogP contribution in [0.1, 0.15) is 13.8 Å². The minimum absolute atomic E-state index is 0.318. The van der Waals surface area contributed by atoms with E-state index in [2.05, 4.69) is 0 Å². The van der Waals surface area contributed by atoms with Crippen molar-refractivity contribution >= 4 is 11.8 Å². The molecule has 0 saturated carbocycles. The fraction of sp³-hybridized carbons (Fsp3) is 0.308. The highest BCUT2D eigenvalue weighted by Gasteiger charge is 2.10. The standard InChI is InChI=1S/C13H17NO2/c1-11(2)9-10-16-13(15)14(3)12-7-5-4-6-8-12/h4-9H,10H2,1-3H3. The maximum atomic E-state index is 11.6. The van der Waals surface area contributed by atoms with E-state index in [9.17, 15) is 4.79 Å². The Bertz CT molecular complexity index is 367. The molecule has 1 amide bonds. The fourth-order valence-electron chi connectivity index (χ4n) is 1.13. The summed E-state index contributed by atoms with van der Waals surface area (Å²) in [5.41, 5.74) is 1.96. The number of carbonyl (C=O) groups excluding carboxylic acids is 1. The molecule has 3 nitrogen and oxygen atoms in total. The van der Waals surface area contributed by atoms with Gasteiger partial charge in [-0.15, -0.1) is 0 Å². The molecule has 0 bridgehead atoms. The Kier molecular flexibility index (Phi) is 4.58. The monoisotopic (exact) mass is 219 g/mol. The van der Waals surface area contributed by atoms with Gasteiger partial charge < -0.3 is 4.74 Å². The third-order valence-electron chi connectivity index (χ3n) is 2.12. The van der Waals surface area contributed by atoms with Crippen LogP contribution in [-0.4, -0.2) is 19.7 Å². The summed E-state index contributed by atoms with van der Waals surface area (Å²) in [6.07, 6.45) is 1.53. The zero-order valence-electron chi connectivity index (χ0n) is 9.93. The molecule has 0 heterocycles. The average molecular weight is 219 g/mol. The summed E-state index contributed by atoms with van der Waals surface area (Å²) in [5, 5.41) is 0. The largest absolute Gasteiger partial charge is 0.445 e. The van der Waals surface area contributed by atoms with Gasteiger partial charge in [0.1, 0.15) is 6.61 Å². The summed E-state index contributed by atoms with van der Waals surface area (Å²) < 4.78 is 5.08. The molecule has 0 aliphatic carbocycles. The predicted molar refractivity (Wildman–Crippen MR) is 65.6 cm³/mol. The highest BCUT2D eigenvalue weighted by molar-refractivity contribution is 5.86. The number of benzene rings is 1. The van der Waals surface area contributed by atoms with Gasteiger partial charge in [-0.05, 0) is 32.1 Å². The summed E-state index contributed by atoms with van der Waals surface area (Å²) in [6.45, 7) is 4.25. The van der Waals surface area contributed by atoms with Crippen LogP contribution in [0.3, 0.4) is 0 Å². The van der Waals surface area contributed by atoms with Crippen LogP contribution in [0.15, 0.2) is 42.0 Å². The smallest absolute Gasteiger partial charge is 0.414 e. The topological polar surface area (TPSA) is 29.5 Å². The Labute approximate surface area is 96.3 Å². The second-order valence-electron chi connectivity index (χ2n) is 3.75. The number of allylic oxidation sites excluding steroid dienone is 1. The Hall–Kier alpha value is -1.77. The maximum Gasteiger partial charge on any atom is 0.414 e. The van der Waals surface area contributed by atoms with Gasteiger partial charge in [0.15, 0.2) is 0 Å². The van der Waals surface area contributed by atoms with Gasteiger partial charge in [-0.2, -0.15) is 0 Å². The number of carbonyl (C=O) groups is 1. The molecular weight excluding hydrogens is 202 g/mol. The first-order chi connectivity index (χ1) is 7.61. The summed E-state index contributed by atoms with van der Waals surface area (Å²) >= 11 is 0. The molecule has 0 atom stereocenters.